The van der Waals surface area contributed by atoms with Gasteiger partial charge in [0.15, 0.2) is 11.5 Å². The second kappa shape index (κ2) is 7.07. The Kier molecular flexibility index (Phi) is 4.83. The molecule has 3 rings (SSSR count). The monoisotopic (exact) mass is 363 g/mol. The first-order valence-electron chi connectivity index (χ1n) is 7.95. The third-order valence-electron chi connectivity index (χ3n) is 3.66. The Labute approximate surface area is 147 Å². The highest BCUT2D eigenvalue weighted by atomic mass is 19.4. The Balaban J connectivity index is 1.62. The van der Waals surface area contributed by atoms with E-state index >= 15 is 0 Å². The van der Waals surface area contributed by atoms with Crippen LogP contribution in [0.25, 0.3) is 11.1 Å². The van der Waals surface area contributed by atoms with Crippen LogP contribution in [-0.2, 0) is 17.4 Å². The Bertz CT molecular complexity index is 935. The van der Waals surface area contributed by atoms with E-state index in [0.29, 0.717) is 29.1 Å². The summed E-state index contributed by atoms with van der Waals surface area (Å²) in [7, 11) is 0. The number of aryl methyl sites for hydroxylation is 1. The molecule has 3 aromatic rings. The molecule has 0 fully saturated rings. The summed E-state index contributed by atoms with van der Waals surface area (Å²) >= 11 is 0. The smallest absolute Gasteiger partial charge is 0.416 e. The number of nitrogens with one attached hydrogen (secondary N) is 2. The predicted molar refractivity (Wildman–Crippen MR) is 92.0 cm³/mol. The fraction of sp³-hybridized carbons (Fsp3) is 0.222. The Morgan fingerprint density at radius 1 is 1.15 bits per heavy atom. The highest BCUT2D eigenvalue weighted by Crippen LogP contribution is 2.30. The van der Waals surface area contributed by atoms with Gasteiger partial charge in [-0.1, -0.05) is 13.0 Å². The topological polar surface area (TPSA) is 67.2 Å². The predicted octanol–water partition coefficient (Wildman–Crippen LogP) is 4.46. The maximum absolute atomic E-state index is 12.7. The fourth-order valence-electron chi connectivity index (χ4n) is 2.40. The number of carbonyl (C=O) groups excluding carboxylic acids is 1. The van der Waals surface area contributed by atoms with Gasteiger partial charge in [0.1, 0.15) is 5.52 Å². The van der Waals surface area contributed by atoms with Crippen LogP contribution in [0.4, 0.5) is 24.5 Å². The van der Waals surface area contributed by atoms with Gasteiger partial charge in [-0.2, -0.15) is 13.2 Å². The molecule has 0 unspecified atom stereocenters. The van der Waals surface area contributed by atoms with Gasteiger partial charge in [0, 0.05) is 17.8 Å². The van der Waals surface area contributed by atoms with Gasteiger partial charge >= 0.3 is 6.18 Å². The summed E-state index contributed by atoms with van der Waals surface area (Å²) in [5, 5.41) is 5.35. The molecule has 0 aliphatic rings. The molecule has 1 heterocycles. The van der Waals surface area contributed by atoms with Crippen molar-refractivity contribution >= 4 is 28.4 Å². The van der Waals surface area contributed by atoms with Gasteiger partial charge in [-0.05, 0) is 36.4 Å². The second-order valence-corrected chi connectivity index (χ2v) is 5.62. The standard InChI is InChI=1S/C18H16F3N3O2/c1-2-17-24-14-9-13(6-7-15(14)26-17)23-16(25)10-22-12-5-3-4-11(8-12)18(19,20)21/h3-9,22H,2,10H2,1H3,(H,23,25). The number of fused-ring (bicyclic) bond motifs is 1. The van der Waals surface area contributed by atoms with Crippen molar-refractivity contribution in [2.45, 2.75) is 19.5 Å². The van der Waals surface area contributed by atoms with E-state index in [1.54, 1.807) is 18.2 Å². The van der Waals surface area contributed by atoms with E-state index in [1.165, 1.54) is 12.1 Å². The summed E-state index contributed by atoms with van der Waals surface area (Å²) in [5.41, 5.74) is 1.23. The molecule has 0 atom stereocenters. The molecule has 1 aromatic heterocycles. The maximum Gasteiger partial charge on any atom is 0.416 e. The zero-order valence-corrected chi connectivity index (χ0v) is 13.9. The summed E-state index contributed by atoms with van der Waals surface area (Å²) in [6.07, 6.45) is -3.76. The minimum Gasteiger partial charge on any atom is -0.441 e. The van der Waals surface area contributed by atoms with Crippen molar-refractivity contribution in [3.8, 4) is 0 Å². The highest BCUT2D eigenvalue weighted by Gasteiger charge is 2.30. The number of amides is 1. The highest BCUT2D eigenvalue weighted by molar-refractivity contribution is 5.95. The van der Waals surface area contributed by atoms with Gasteiger partial charge in [0.05, 0.1) is 12.1 Å². The van der Waals surface area contributed by atoms with Gasteiger partial charge in [0.2, 0.25) is 5.91 Å². The molecule has 136 valence electrons. The number of hydrogen-bond acceptors (Lipinski definition) is 4. The number of rotatable bonds is 5. The van der Waals surface area contributed by atoms with Crippen molar-refractivity contribution in [2.75, 3.05) is 17.2 Å². The molecule has 0 aliphatic heterocycles. The molecular formula is C18H16F3N3O2. The van der Waals surface area contributed by atoms with E-state index in [1.807, 2.05) is 6.92 Å². The molecule has 0 aliphatic carbocycles. The number of nitrogens with zero attached hydrogens (tertiary/aromatic N) is 1. The first kappa shape index (κ1) is 17.8. The van der Waals surface area contributed by atoms with Crippen LogP contribution in [0.5, 0.6) is 0 Å². The molecule has 2 aromatic carbocycles. The molecule has 0 bridgehead atoms. The van der Waals surface area contributed by atoms with Gasteiger partial charge in [-0.15, -0.1) is 0 Å². The number of halogens is 3. The number of aromatic nitrogens is 1. The zero-order valence-electron chi connectivity index (χ0n) is 13.9. The van der Waals surface area contributed by atoms with Crippen LogP contribution in [0.15, 0.2) is 46.9 Å². The fourth-order valence-corrected chi connectivity index (χ4v) is 2.40. The van der Waals surface area contributed by atoms with Gasteiger partial charge < -0.3 is 15.1 Å². The van der Waals surface area contributed by atoms with E-state index in [9.17, 15) is 18.0 Å². The average Bonchev–Trinajstić information content (AvgIpc) is 3.02. The molecule has 1 amide bonds. The van der Waals surface area contributed by atoms with Crippen molar-refractivity contribution < 1.29 is 22.4 Å². The van der Waals surface area contributed by atoms with Crippen molar-refractivity contribution in [3.63, 3.8) is 0 Å². The Morgan fingerprint density at radius 3 is 2.69 bits per heavy atom. The number of carbonyl (C=O) groups is 1. The molecule has 0 radical (unpaired) electrons. The molecule has 8 heteroatoms. The van der Waals surface area contributed by atoms with E-state index in [4.69, 9.17) is 4.42 Å². The lowest BCUT2D eigenvalue weighted by molar-refractivity contribution is -0.137. The minimum atomic E-state index is -4.43. The maximum atomic E-state index is 12.7. The van der Waals surface area contributed by atoms with E-state index < -0.39 is 11.7 Å². The quantitative estimate of drug-likeness (QED) is 0.702. The van der Waals surface area contributed by atoms with Crippen LogP contribution in [0.1, 0.15) is 18.4 Å². The van der Waals surface area contributed by atoms with Crippen LogP contribution >= 0.6 is 0 Å². The van der Waals surface area contributed by atoms with E-state index in [2.05, 4.69) is 15.6 Å². The summed E-state index contributed by atoms with van der Waals surface area (Å²) in [5.74, 6) is 0.218. The summed E-state index contributed by atoms with van der Waals surface area (Å²) < 4.78 is 43.6. The first-order valence-corrected chi connectivity index (χ1v) is 7.95. The summed E-state index contributed by atoms with van der Waals surface area (Å²) in [6, 6.07) is 9.75. The van der Waals surface area contributed by atoms with Crippen molar-refractivity contribution in [1.29, 1.82) is 0 Å². The average molecular weight is 363 g/mol. The number of benzene rings is 2. The lowest BCUT2D eigenvalue weighted by Crippen LogP contribution is -2.21. The normalized spacial score (nSPS) is 11.5. The van der Waals surface area contributed by atoms with Crippen LogP contribution in [-0.4, -0.2) is 17.4 Å². The molecule has 26 heavy (non-hydrogen) atoms. The number of hydrogen-bond donors (Lipinski definition) is 2. The van der Waals surface area contributed by atoms with Crippen LogP contribution < -0.4 is 10.6 Å². The molecule has 5 nitrogen and oxygen atoms in total. The van der Waals surface area contributed by atoms with Crippen LogP contribution in [0, 0.1) is 0 Å². The molecular weight excluding hydrogens is 347 g/mol. The van der Waals surface area contributed by atoms with Gasteiger partial charge in [0.25, 0.3) is 0 Å². The number of anilines is 2. The third kappa shape index (κ3) is 4.14. The van der Waals surface area contributed by atoms with Crippen molar-refractivity contribution in [2.24, 2.45) is 0 Å². The zero-order chi connectivity index (χ0) is 18.7. The number of alkyl halides is 3. The minimum absolute atomic E-state index is 0.168. The van der Waals surface area contributed by atoms with Crippen molar-refractivity contribution in [3.05, 3.63) is 53.9 Å². The van der Waals surface area contributed by atoms with E-state index in [0.717, 1.165) is 12.1 Å². The second-order valence-electron chi connectivity index (χ2n) is 5.62. The van der Waals surface area contributed by atoms with Crippen LogP contribution in [0.2, 0.25) is 0 Å². The number of oxazole rings is 1. The third-order valence-corrected chi connectivity index (χ3v) is 3.66. The largest absolute Gasteiger partial charge is 0.441 e. The van der Waals surface area contributed by atoms with Crippen molar-refractivity contribution in [1.82, 2.24) is 4.98 Å². The molecule has 2 N–H and O–H groups in total. The summed E-state index contributed by atoms with van der Waals surface area (Å²) in [6.45, 7) is 1.76. The van der Waals surface area contributed by atoms with Crippen LogP contribution in [0.3, 0.4) is 0 Å². The lowest BCUT2D eigenvalue weighted by atomic mass is 10.2. The molecule has 0 spiro atoms. The first-order chi connectivity index (χ1) is 12.3. The SMILES string of the molecule is CCc1nc2cc(NC(=O)CNc3cccc(C(F)(F)F)c3)ccc2o1. The van der Waals surface area contributed by atoms with E-state index in [-0.39, 0.29) is 18.1 Å². The molecule has 0 saturated heterocycles. The molecule has 0 saturated carbocycles. The Hall–Kier alpha value is -3.03. The van der Waals surface area contributed by atoms with Gasteiger partial charge in [-0.3, -0.25) is 4.79 Å². The lowest BCUT2D eigenvalue weighted by Gasteiger charge is -2.11. The Morgan fingerprint density at radius 2 is 1.96 bits per heavy atom. The summed E-state index contributed by atoms with van der Waals surface area (Å²) in [4.78, 5) is 16.3. The van der Waals surface area contributed by atoms with Gasteiger partial charge in [-0.25, -0.2) is 4.98 Å².